The minimum atomic E-state index is -0.213. The van der Waals surface area contributed by atoms with Gasteiger partial charge in [-0.1, -0.05) is 44.2 Å². The first kappa shape index (κ1) is 20.8. The second-order valence-corrected chi connectivity index (χ2v) is 8.82. The molecule has 6 heteroatoms. The Labute approximate surface area is 191 Å². The molecule has 0 aliphatic carbocycles. The zero-order valence-corrected chi connectivity index (χ0v) is 18.6. The van der Waals surface area contributed by atoms with Gasteiger partial charge in [0.05, 0.1) is 22.6 Å². The Morgan fingerprint density at radius 2 is 1.76 bits per heavy atom. The second-order valence-electron chi connectivity index (χ2n) is 8.82. The average Bonchev–Trinajstić information content (AvgIpc) is 3.25. The van der Waals surface area contributed by atoms with E-state index in [1.165, 1.54) is 0 Å². The summed E-state index contributed by atoms with van der Waals surface area (Å²) in [5.41, 5.74) is 11.8. The van der Waals surface area contributed by atoms with Gasteiger partial charge in [0.25, 0.3) is 0 Å². The Morgan fingerprint density at radius 1 is 0.970 bits per heavy atom. The van der Waals surface area contributed by atoms with Gasteiger partial charge in [0.1, 0.15) is 0 Å². The lowest BCUT2D eigenvalue weighted by Gasteiger charge is -2.23. The zero-order valence-electron chi connectivity index (χ0n) is 18.6. The van der Waals surface area contributed by atoms with Crippen molar-refractivity contribution in [3.05, 3.63) is 101 Å². The van der Waals surface area contributed by atoms with Crippen LogP contribution in [-0.2, 0) is 5.41 Å². The molecule has 0 saturated heterocycles. The fourth-order valence-electron chi connectivity index (χ4n) is 3.89. The summed E-state index contributed by atoms with van der Waals surface area (Å²) in [6.07, 6.45) is 5.40. The van der Waals surface area contributed by atoms with Gasteiger partial charge in [0.2, 0.25) is 0 Å². The number of imidazole rings is 1. The Balaban J connectivity index is 1.49. The largest absolute Gasteiger partial charge is 0.330 e. The third-order valence-corrected chi connectivity index (χ3v) is 6.12. The van der Waals surface area contributed by atoms with Crippen LogP contribution in [0.3, 0.4) is 0 Å². The first-order chi connectivity index (χ1) is 15.9. The minimum Gasteiger partial charge on any atom is -0.330 e. The summed E-state index contributed by atoms with van der Waals surface area (Å²) in [6.45, 7) is 4.76. The van der Waals surface area contributed by atoms with E-state index >= 15 is 0 Å². The number of aromatic amines is 1. The van der Waals surface area contributed by atoms with Gasteiger partial charge in [-0.05, 0) is 47.5 Å². The Kier molecular flexibility index (Phi) is 5.15. The van der Waals surface area contributed by atoms with E-state index < -0.39 is 0 Å². The lowest BCUT2D eigenvalue weighted by Crippen LogP contribution is -2.28. The van der Waals surface area contributed by atoms with Crippen molar-refractivity contribution in [3.63, 3.8) is 0 Å². The number of pyridine rings is 2. The topological polar surface area (TPSA) is 89.6 Å². The summed E-state index contributed by atoms with van der Waals surface area (Å²) in [5.74, 6) is 0. The molecule has 3 heterocycles. The van der Waals surface area contributed by atoms with E-state index in [0.717, 1.165) is 33.3 Å². The first-order valence-electron chi connectivity index (χ1n) is 10.9. The smallest absolute Gasteiger partial charge is 0.330 e. The molecule has 0 radical (unpaired) electrons. The highest BCUT2D eigenvalue weighted by Gasteiger charge is 2.18. The monoisotopic (exact) mass is 435 g/mol. The number of hydrogen-bond acceptors (Lipinski definition) is 4. The number of H-pyrrole nitrogens is 1. The fourth-order valence-corrected chi connectivity index (χ4v) is 3.89. The van der Waals surface area contributed by atoms with Gasteiger partial charge >= 0.3 is 5.69 Å². The fraction of sp³-hybridized carbons (Fsp3) is 0.148. The van der Waals surface area contributed by atoms with Gasteiger partial charge in [-0.2, -0.15) is 0 Å². The minimum absolute atomic E-state index is 0.116. The van der Waals surface area contributed by atoms with Gasteiger partial charge in [-0.25, -0.2) is 4.79 Å². The number of benzene rings is 2. The molecule has 0 aliphatic heterocycles. The van der Waals surface area contributed by atoms with Crippen molar-refractivity contribution in [2.24, 2.45) is 5.73 Å². The van der Waals surface area contributed by atoms with E-state index in [4.69, 9.17) is 5.73 Å². The Morgan fingerprint density at radius 3 is 2.55 bits per heavy atom. The van der Waals surface area contributed by atoms with Crippen molar-refractivity contribution in [2.75, 3.05) is 6.54 Å². The molecule has 0 bridgehead atoms. The number of aromatic nitrogens is 4. The van der Waals surface area contributed by atoms with Crippen molar-refractivity contribution in [1.29, 1.82) is 0 Å². The highest BCUT2D eigenvalue weighted by molar-refractivity contribution is 5.83. The van der Waals surface area contributed by atoms with Crippen LogP contribution in [0.5, 0.6) is 0 Å². The van der Waals surface area contributed by atoms with Gasteiger partial charge in [-0.3, -0.25) is 14.5 Å². The maximum Gasteiger partial charge on any atom is 0.330 e. The summed E-state index contributed by atoms with van der Waals surface area (Å²) in [5, 5.41) is 1.08. The quantitative estimate of drug-likeness (QED) is 0.419. The highest BCUT2D eigenvalue weighted by Crippen LogP contribution is 2.26. The zero-order chi connectivity index (χ0) is 23.0. The predicted molar refractivity (Wildman–Crippen MR) is 132 cm³/mol. The van der Waals surface area contributed by atoms with E-state index in [1.807, 2.05) is 66.9 Å². The lowest BCUT2D eigenvalue weighted by molar-refractivity contribution is 0.539. The molecule has 0 fully saturated rings. The van der Waals surface area contributed by atoms with Gasteiger partial charge < -0.3 is 10.7 Å². The molecule has 5 aromatic rings. The maximum atomic E-state index is 12.7. The van der Waals surface area contributed by atoms with Crippen LogP contribution >= 0.6 is 0 Å². The molecule has 0 atom stereocenters. The van der Waals surface area contributed by atoms with E-state index in [2.05, 4.69) is 34.9 Å². The second kappa shape index (κ2) is 8.15. The van der Waals surface area contributed by atoms with Crippen molar-refractivity contribution in [1.82, 2.24) is 19.5 Å². The number of rotatable bonds is 5. The summed E-state index contributed by atoms with van der Waals surface area (Å²) >= 11 is 0. The molecule has 0 spiro atoms. The van der Waals surface area contributed by atoms with Crippen molar-refractivity contribution in [3.8, 4) is 28.2 Å². The molecule has 2 aromatic carbocycles. The summed E-state index contributed by atoms with van der Waals surface area (Å²) in [7, 11) is 0. The van der Waals surface area contributed by atoms with Crippen LogP contribution in [0.1, 0.15) is 19.4 Å². The van der Waals surface area contributed by atoms with Crippen LogP contribution in [0.15, 0.2) is 90.1 Å². The third-order valence-electron chi connectivity index (χ3n) is 6.12. The van der Waals surface area contributed by atoms with Crippen LogP contribution < -0.4 is 11.4 Å². The van der Waals surface area contributed by atoms with Crippen LogP contribution in [0.2, 0.25) is 0 Å². The molecule has 0 amide bonds. The van der Waals surface area contributed by atoms with Crippen molar-refractivity contribution in [2.45, 2.75) is 19.3 Å². The van der Waals surface area contributed by atoms with Crippen molar-refractivity contribution < 1.29 is 0 Å². The summed E-state index contributed by atoms with van der Waals surface area (Å²) < 4.78 is 1.60. The van der Waals surface area contributed by atoms with Gasteiger partial charge in [0, 0.05) is 41.5 Å². The van der Waals surface area contributed by atoms with E-state index in [0.29, 0.717) is 17.9 Å². The normalized spacial score (nSPS) is 11.7. The lowest BCUT2D eigenvalue weighted by atomic mass is 9.85. The van der Waals surface area contributed by atoms with Crippen molar-refractivity contribution >= 4 is 10.9 Å². The Hall–Kier alpha value is -4.03. The summed E-state index contributed by atoms with van der Waals surface area (Å²) in [4.78, 5) is 24.7. The molecule has 5 rings (SSSR count). The number of nitrogens with one attached hydrogen (secondary N) is 1. The number of para-hydroxylation sites is 1. The number of hydrogen-bond donors (Lipinski definition) is 2. The molecule has 6 nitrogen and oxygen atoms in total. The average molecular weight is 436 g/mol. The van der Waals surface area contributed by atoms with E-state index in [9.17, 15) is 4.79 Å². The third kappa shape index (κ3) is 3.97. The molecular weight excluding hydrogens is 410 g/mol. The van der Waals surface area contributed by atoms with Crippen LogP contribution in [0.25, 0.3) is 39.1 Å². The molecule has 3 aromatic heterocycles. The first-order valence-corrected chi connectivity index (χ1v) is 10.9. The Bertz CT molecular complexity index is 1500. The van der Waals surface area contributed by atoms with E-state index in [-0.39, 0.29) is 11.1 Å². The molecule has 33 heavy (non-hydrogen) atoms. The van der Waals surface area contributed by atoms with Crippen LogP contribution in [0, 0.1) is 0 Å². The molecule has 3 N–H and O–H groups in total. The molecular formula is C27H25N5O. The maximum absolute atomic E-state index is 12.7. The molecule has 0 aliphatic rings. The highest BCUT2D eigenvalue weighted by atomic mass is 16.1. The number of fused-ring (bicyclic) bond motifs is 1. The predicted octanol–water partition coefficient (Wildman–Crippen LogP) is 4.68. The molecule has 0 unspecified atom stereocenters. The van der Waals surface area contributed by atoms with Gasteiger partial charge in [0.15, 0.2) is 0 Å². The van der Waals surface area contributed by atoms with Crippen LogP contribution in [0.4, 0.5) is 0 Å². The number of nitrogens with zero attached hydrogens (tertiary/aromatic N) is 3. The standard InChI is InChI=1S/C27H25N5O/c1-27(2,17-28)21-7-9-22(10-8-21)32-16-25(31-26(32)33)24-14-18(11-12-29-24)20-13-19-5-3-4-6-23(19)30-15-20/h3-16H,17,28H2,1-2H3,(H,31,33). The molecule has 0 saturated carbocycles. The van der Waals surface area contributed by atoms with Crippen LogP contribution in [-0.4, -0.2) is 26.1 Å². The summed E-state index contributed by atoms with van der Waals surface area (Å²) in [6, 6.07) is 22.0. The van der Waals surface area contributed by atoms with Gasteiger partial charge in [-0.15, -0.1) is 0 Å². The SMILES string of the molecule is CC(C)(CN)c1ccc(-n2cc(-c3cc(-c4cnc5ccccc5c4)ccn3)[nH]c2=O)cc1. The van der Waals surface area contributed by atoms with E-state index in [1.54, 1.807) is 17.0 Å². The number of nitrogens with two attached hydrogens (primary N) is 1. The molecule has 164 valence electrons.